The van der Waals surface area contributed by atoms with Gasteiger partial charge in [-0.25, -0.2) is 14.2 Å². The summed E-state index contributed by atoms with van der Waals surface area (Å²) in [6.45, 7) is 3.92. The van der Waals surface area contributed by atoms with Gasteiger partial charge in [0, 0.05) is 37.4 Å². The van der Waals surface area contributed by atoms with E-state index >= 15 is 0 Å². The summed E-state index contributed by atoms with van der Waals surface area (Å²) in [5, 5.41) is 23.2. The molecule has 1 amide bonds. The number of carbonyl (C=O) groups excluding carboxylic acids is 1. The first-order valence-corrected chi connectivity index (χ1v) is 13.2. The molecule has 2 heterocycles. The highest BCUT2D eigenvalue weighted by Crippen LogP contribution is 2.55. The van der Waals surface area contributed by atoms with Gasteiger partial charge in [-0.15, -0.1) is 0 Å². The Morgan fingerprint density at radius 2 is 1.86 bits per heavy atom. The molecule has 4 bridgehead atoms. The van der Waals surface area contributed by atoms with Gasteiger partial charge >= 0.3 is 5.97 Å². The molecule has 37 heavy (non-hydrogen) atoms. The van der Waals surface area contributed by atoms with Crippen molar-refractivity contribution in [2.24, 2.45) is 17.8 Å². The first kappa shape index (κ1) is 24.2. The number of halogens is 1. The number of nitrogens with one attached hydrogen (secondary N) is 1. The molecule has 1 aromatic heterocycles. The van der Waals surface area contributed by atoms with Crippen LogP contribution in [0, 0.1) is 23.6 Å². The minimum Gasteiger partial charge on any atom is -0.478 e. The van der Waals surface area contributed by atoms with E-state index in [2.05, 4.69) is 17.1 Å². The first-order chi connectivity index (χ1) is 17.7. The van der Waals surface area contributed by atoms with Crippen molar-refractivity contribution in [3.05, 3.63) is 53.5 Å². The number of nitrogens with zero attached hydrogens (tertiary/aromatic N) is 3. The summed E-state index contributed by atoms with van der Waals surface area (Å²) >= 11 is 0. The Balaban J connectivity index is 1.12. The minimum atomic E-state index is -1.28. The first-order valence-electron chi connectivity index (χ1n) is 13.2. The fourth-order valence-electron chi connectivity index (χ4n) is 7.56. The lowest BCUT2D eigenvalue weighted by Gasteiger charge is -2.58. The maximum atomic E-state index is 14.2. The smallest absolute Gasteiger partial charge is 0.338 e. The van der Waals surface area contributed by atoms with Crippen LogP contribution in [0.4, 0.5) is 15.9 Å². The van der Waals surface area contributed by atoms with E-state index in [1.54, 1.807) is 12.1 Å². The van der Waals surface area contributed by atoms with Crippen LogP contribution in [0.25, 0.3) is 0 Å². The molecule has 1 saturated heterocycles. The molecule has 1 aliphatic heterocycles. The van der Waals surface area contributed by atoms with Gasteiger partial charge in [0.05, 0.1) is 11.2 Å². The summed E-state index contributed by atoms with van der Waals surface area (Å²) in [6.07, 6.45) is 4.65. The summed E-state index contributed by atoms with van der Waals surface area (Å²) in [4.78, 5) is 33.2. The molecule has 5 fully saturated rings. The summed E-state index contributed by atoms with van der Waals surface area (Å²) in [5.41, 5.74) is 0.179. The Hall–Kier alpha value is -3.20. The third-order valence-electron chi connectivity index (χ3n) is 8.98. The highest BCUT2D eigenvalue weighted by Gasteiger charge is 2.55. The molecule has 4 aliphatic carbocycles. The standard InChI is InChI=1S/C28H33FN4O4/c1-16-15-32(20-5-6-21(27(35)36)22(29)11-20)7-8-33(16)24-4-2-3-23(30-24)26(34)31-25-18-9-17-10-19(25)14-28(37,12-17)13-18/h2-6,11,16-19,25,37H,7-10,12-15H2,1H3,(H,31,34)(H,35,36). The topological polar surface area (TPSA) is 106 Å². The monoisotopic (exact) mass is 508 g/mol. The van der Waals surface area contributed by atoms with Gasteiger partial charge in [0.2, 0.25) is 0 Å². The van der Waals surface area contributed by atoms with E-state index in [1.165, 1.54) is 12.1 Å². The normalized spacial score (nSPS) is 32.5. The fourth-order valence-corrected chi connectivity index (χ4v) is 7.56. The molecule has 3 atom stereocenters. The number of carboxylic acid groups (broad SMARTS) is 1. The van der Waals surface area contributed by atoms with Crippen molar-refractivity contribution in [2.45, 2.75) is 56.7 Å². The van der Waals surface area contributed by atoms with Crippen LogP contribution in [0.1, 0.15) is 59.9 Å². The highest BCUT2D eigenvalue weighted by atomic mass is 19.1. The Labute approximate surface area is 215 Å². The van der Waals surface area contributed by atoms with Crippen molar-refractivity contribution in [1.82, 2.24) is 10.3 Å². The lowest BCUT2D eigenvalue weighted by atomic mass is 9.52. The number of carbonyl (C=O) groups is 2. The Kier molecular flexibility index (Phi) is 5.86. The van der Waals surface area contributed by atoms with Crippen LogP contribution in [0.15, 0.2) is 36.4 Å². The molecule has 3 unspecified atom stereocenters. The highest BCUT2D eigenvalue weighted by molar-refractivity contribution is 5.93. The zero-order valence-electron chi connectivity index (χ0n) is 20.9. The van der Waals surface area contributed by atoms with Gasteiger partial charge < -0.3 is 25.3 Å². The molecule has 8 nitrogen and oxygen atoms in total. The van der Waals surface area contributed by atoms with Gasteiger partial charge in [-0.05, 0) is 87.1 Å². The van der Waals surface area contributed by atoms with E-state index in [-0.39, 0.29) is 23.6 Å². The predicted octanol–water partition coefficient (Wildman–Crippen LogP) is 3.30. The number of aromatic carboxylic acids is 1. The van der Waals surface area contributed by atoms with E-state index in [4.69, 9.17) is 10.1 Å². The van der Waals surface area contributed by atoms with Crippen LogP contribution in [-0.4, -0.2) is 64.4 Å². The van der Waals surface area contributed by atoms with Gasteiger partial charge in [0.15, 0.2) is 0 Å². The molecule has 4 saturated carbocycles. The van der Waals surface area contributed by atoms with Crippen LogP contribution >= 0.6 is 0 Å². The van der Waals surface area contributed by atoms with Crippen molar-refractivity contribution < 1.29 is 24.2 Å². The quantitative estimate of drug-likeness (QED) is 0.569. The fraction of sp³-hybridized carbons (Fsp3) is 0.536. The van der Waals surface area contributed by atoms with E-state index in [9.17, 15) is 19.1 Å². The SMILES string of the molecule is CC1CN(c2ccc(C(=O)O)c(F)c2)CCN1c1cccc(C(=O)NC2C3CC4CC2CC(O)(C4)C3)n1. The van der Waals surface area contributed by atoms with Crippen LogP contribution in [0.2, 0.25) is 0 Å². The Morgan fingerprint density at radius 1 is 1.11 bits per heavy atom. The zero-order chi connectivity index (χ0) is 25.9. The average molecular weight is 509 g/mol. The third-order valence-corrected chi connectivity index (χ3v) is 8.98. The maximum absolute atomic E-state index is 14.2. The lowest BCUT2D eigenvalue weighted by Crippen LogP contribution is -2.61. The van der Waals surface area contributed by atoms with Crippen LogP contribution in [-0.2, 0) is 0 Å². The Morgan fingerprint density at radius 3 is 2.51 bits per heavy atom. The van der Waals surface area contributed by atoms with E-state index in [0.29, 0.717) is 48.8 Å². The number of benzene rings is 1. The van der Waals surface area contributed by atoms with Crippen molar-refractivity contribution in [3.8, 4) is 0 Å². The molecule has 1 aromatic carbocycles. The van der Waals surface area contributed by atoms with E-state index in [1.807, 2.05) is 17.0 Å². The number of pyridine rings is 1. The van der Waals surface area contributed by atoms with Gasteiger partial charge in [0.25, 0.3) is 5.91 Å². The predicted molar refractivity (Wildman–Crippen MR) is 136 cm³/mol. The summed E-state index contributed by atoms with van der Waals surface area (Å²) in [7, 11) is 0. The molecule has 0 radical (unpaired) electrons. The van der Waals surface area contributed by atoms with Gasteiger partial charge in [-0.3, -0.25) is 4.79 Å². The second kappa shape index (κ2) is 8.97. The number of anilines is 2. The van der Waals surface area contributed by atoms with Crippen molar-refractivity contribution >= 4 is 23.4 Å². The van der Waals surface area contributed by atoms with E-state index in [0.717, 1.165) is 37.9 Å². The molecule has 9 heteroatoms. The summed E-state index contributed by atoms with van der Waals surface area (Å²) in [6, 6.07) is 9.88. The average Bonchev–Trinajstić information content (AvgIpc) is 2.85. The molecule has 196 valence electrons. The molecule has 3 N–H and O–H groups in total. The van der Waals surface area contributed by atoms with Gasteiger partial charge in [-0.1, -0.05) is 6.07 Å². The zero-order valence-corrected chi connectivity index (χ0v) is 20.9. The van der Waals surface area contributed by atoms with Crippen LogP contribution in [0.5, 0.6) is 0 Å². The van der Waals surface area contributed by atoms with Crippen molar-refractivity contribution in [2.75, 3.05) is 29.4 Å². The number of carboxylic acids is 1. The number of rotatable bonds is 5. The lowest BCUT2D eigenvalue weighted by molar-refractivity contribution is -0.136. The number of hydrogen-bond donors (Lipinski definition) is 3. The number of piperazine rings is 1. The van der Waals surface area contributed by atoms with Crippen molar-refractivity contribution in [1.29, 1.82) is 0 Å². The van der Waals surface area contributed by atoms with Crippen LogP contribution in [0.3, 0.4) is 0 Å². The second-order valence-electron chi connectivity index (χ2n) is 11.5. The molecule has 0 spiro atoms. The Bertz CT molecular complexity index is 1220. The minimum absolute atomic E-state index is 0.0481. The summed E-state index contributed by atoms with van der Waals surface area (Å²) in [5.74, 6) is -0.189. The second-order valence-corrected chi connectivity index (χ2v) is 11.5. The van der Waals surface area contributed by atoms with Gasteiger partial charge in [0.1, 0.15) is 17.3 Å². The molecule has 2 aromatic rings. The molecular weight excluding hydrogens is 475 g/mol. The van der Waals surface area contributed by atoms with E-state index < -0.39 is 17.4 Å². The van der Waals surface area contributed by atoms with Gasteiger partial charge in [-0.2, -0.15) is 0 Å². The molecular formula is C28H33FN4O4. The number of aromatic nitrogens is 1. The molecule has 7 rings (SSSR count). The largest absolute Gasteiger partial charge is 0.478 e. The third kappa shape index (κ3) is 4.43. The number of aliphatic hydroxyl groups is 1. The van der Waals surface area contributed by atoms with Crippen molar-refractivity contribution in [3.63, 3.8) is 0 Å². The van der Waals surface area contributed by atoms with Crippen LogP contribution < -0.4 is 15.1 Å². The number of hydrogen-bond acceptors (Lipinski definition) is 6. The molecule has 5 aliphatic rings. The maximum Gasteiger partial charge on any atom is 0.338 e. The summed E-state index contributed by atoms with van der Waals surface area (Å²) < 4.78 is 14.2. The number of amides is 1.